The molecule has 0 aliphatic heterocycles. The average Bonchev–Trinajstić information content (AvgIpc) is 2.05. The number of benzene rings is 1. The fourth-order valence-electron chi connectivity index (χ4n) is 0.787. The number of isocyanates is 1. The lowest BCUT2D eigenvalue weighted by Gasteiger charge is -1.95. The normalized spacial score (nSPS) is 8.75. The summed E-state index contributed by atoms with van der Waals surface area (Å²) in [5.74, 6) is 0. The number of nitrogens with zero attached hydrogens (tertiary/aromatic N) is 1. The molecule has 0 amide bonds. The Hall–Kier alpha value is -1.44. The van der Waals surface area contributed by atoms with E-state index in [-0.39, 0.29) is 11.3 Å². The van der Waals surface area contributed by atoms with E-state index in [4.69, 9.17) is 11.6 Å². The minimum Gasteiger partial charge on any atom is -0.276 e. The molecule has 0 saturated heterocycles. The van der Waals surface area contributed by atoms with Gasteiger partial charge in [0.15, 0.2) is 0 Å². The van der Waals surface area contributed by atoms with E-state index in [1.54, 1.807) is 12.1 Å². The van der Waals surface area contributed by atoms with Crippen LogP contribution in [0, 0.1) is 0 Å². The topological polar surface area (TPSA) is 46.5 Å². The molecule has 0 aromatic heterocycles. The van der Waals surface area contributed by atoms with Gasteiger partial charge in [-0.15, -0.1) is 0 Å². The van der Waals surface area contributed by atoms with Gasteiger partial charge in [0.05, 0.1) is 11.3 Å². The van der Waals surface area contributed by atoms with Crippen molar-refractivity contribution in [1.29, 1.82) is 0 Å². The molecule has 0 spiro atoms. The van der Waals surface area contributed by atoms with Gasteiger partial charge in [-0.05, 0) is 23.7 Å². The second-order valence-electron chi connectivity index (χ2n) is 1.99. The standard InChI is InChI=1S/C8H4ClNO2/c9-8(12)6-3-1-2-4-7(6)10-5-11/h1-4H. The Kier molecular flexibility index (Phi) is 2.75. The molecule has 0 unspecified atom stereocenters. The number of aliphatic imine (C=N–C) groups is 1. The van der Waals surface area contributed by atoms with Crippen molar-refractivity contribution in [2.75, 3.05) is 0 Å². The largest absolute Gasteiger partial charge is 0.276 e. The molecule has 0 aliphatic rings. The highest BCUT2D eigenvalue weighted by Gasteiger charge is 2.05. The summed E-state index contributed by atoms with van der Waals surface area (Å²) in [6.07, 6.45) is 1.34. The van der Waals surface area contributed by atoms with Gasteiger partial charge in [0.2, 0.25) is 6.08 Å². The minimum absolute atomic E-state index is 0.211. The van der Waals surface area contributed by atoms with Crippen LogP contribution in [-0.4, -0.2) is 11.3 Å². The van der Waals surface area contributed by atoms with Gasteiger partial charge in [-0.1, -0.05) is 12.1 Å². The van der Waals surface area contributed by atoms with Crippen molar-refractivity contribution in [1.82, 2.24) is 0 Å². The van der Waals surface area contributed by atoms with Gasteiger partial charge in [0.25, 0.3) is 5.24 Å². The van der Waals surface area contributed by atoms with E-state index in [1.807, 2.05) is 0 Å². The Labute approximate surface area is 73.7 Å². The summed E-state index contributed by atoms with van der Waals surface area (Å²) in [5, 5.41) is -0.635. The highest BCUT2D eigenvalue weighted by Crippen LogP contribution is 2.19. The molecule has 0 bridgehead atoms. The summed E-state index contributed by atoms with van der Waals surface area (Å²) in [7, 11) is 0. The van der Waals surface area contributed by atoms with Gasteiger partial charge in [-0.2, -0.15) is 4.99 Å². The van der Waals surface area contributed by atoms with Crippen molar-refractivity contribution in [2.45, 2.75) is 0 Å². The van der Waals surface area contributed by atoms with Crippen LogP contribution < -0.4 is 0 Å². The number of hydrogen-bond acceptors (Lipinski definition) is 3. The van der Waals surface area contributed by atoms with E-state index in [2.05, 4.69) is 4.99 Å². The van der Waals surface area contributed by atoms with Crippen LogP contribution in [0.3, 0.4) is 0 Å². The lowest BCUT2D eigenvalue weighted by Crippen LogP contribution is -1.87. The number of carbonyl (C=O) groups excluding carboxylic acids is 2. The maximum absolute atomic E-state index is 10.7. The lowest BCUT2D eigenvalue weighted by atomic mass is 10.2. The number of halogens is 1. The first-order valence-electron chi connectivity index (χ1n) is 3.12. The zero-order valence-electron chi connectivity index (χ0n) is 5.95. The molecule has 0 fully saturated rings. The quantitative estimate of drug-likeness (QED) is 0.398. The van der Waals surface area contributed by atoms with Gasteiger partial charge in [0.1, 0.15) is 0 Å². The van der Waals surface area contributed by atoms with Crippen LogP contribution in [0.1, 0.15) is 10.4 Å². The highest BCUT2D eigenvalue weighted by atomic mass is 35.5. The Morgan fingerprint density at radius 3 is 2.67 bits per heavy atom. The van der Waals surface area contributed by atoms with Crippen LogP contribution in [0.25, 0.3) is 0 Å². The molecular weight excluding hydrogens is 178 g/mol. The fraction of sp³-hybridized carbons (Fsp3) is 0. The summed E-state index contributed by atoms with van der Waals surface area (Å²) in [6.45, 7) is 0. The molecule has 0 saturated carbocycles. The number of hydrogen-bond donors (Lipinski definition) is 0. The van der Waals surface area contributed by atoms with E-state index in [0.717, 1.165) is 0 Å². The van der Waals surface area contributed by atoms with E-state index in [0.29, 0.717) is 0 Å². The summed E-state index contributed by atoms with van der Waals surface area (Å²) in [5.41, 5.74) is 0.454. The highest BCUT2D eigenvalue weighted by molar-refractivity contribution is 6.68. The molecule has 60 valence electrons. The first-order chi connectivity index (χ1) is 5.75. The van der Waals surface area contributed by atoms with Crippen LogP contribution in [0.2, 0.25) is 0 Å². The Morgan fingerprint density at radius 2 is 2.08 bits per heavy atom. The molecule has 3 nitrogen and oxygen atoms in total. The summed E-state index contributed by atoms with van der Waals surface area (Å²) in [4.78, 5) is 23.9. The smallest absolute Gasteiger partial charge is 0.254 e. The monoisotopic (exact) mass is 181 g/mol. The van der Waals surface area contributed by atoms with Crippen LogP contribution in [-0.2, 0) is 4.79 Å². The maximum Gasteiger partial charge on any atom is 0.254 e. The van der Waals surface area contributed by atoms with Crippen molar-refractivity contribution < 1.29 is 9.59 Å². The number of rotatable bonds is 2. The molecule has 0 aliphatic carbocycles. The first kappa shape index (κ1) is 8.65. The Balaban J connectivity index is 3.26. The van der Waals surface area contributed by atoms with Gasteiger partial charge < -0.3 is 0 Å². The zero-order valence-corrected chi connectivity index (χ0v) is 6.71. The van der Waals surface area contributed by atoms with Gasteiger partial charge in [-0.3, -0.25) is 4.79 Å². The minimum atomic E-state index is -0.635. The molecule has 1 rings (SSSR count). The molecule has 4 heteroatoms. The van der Waals surface area contributed by atoms with Crippen molar-refractivity contribution in [3.05, 3.63) is 29.8 Å². The van der Waals surface area contributed by atoms with Crippen LogP contribution in [0.5, 0.6) is 0 Å². The molecular formula is C8H4ClNO2. The fourth-order valence-corrected chi connectivity index (χ4v) is 0.946. The predicted molar refractivity (Wildman–Crippen MR) is 44.4 cm³/mol. The van der Waals surface area contributed by atoms with E-state index in [1.165, 1.54) is 18.2 Å². The number of carbonyl (C=O) groups is 1. The third-order valence-electron chi connectivity index (χ3n) is 1.28. The molecule has 0 N–H and O–H groups in total. The second kappa shape index (κ2) is 3.81. The maximum atomic E-state index is 10.7. The first-order valence-corrected chi connectivity index (χ1v) is 3.50. The second-order valence-corrected chi connectivity index (χ2v) is 2.34. The molecule has 0 radical (unpaired) electrons. The molecule has 0 heterocycles. The summed E-state index contributed by atoms with van der Waals surface area (Å²) < 4.78 is 0. The zero-order chi connectivity index (χ0) is 8.97. The van der Waals surface area contributed by atoms with Crippen molar-refractivity contribution in [2.24, 2.45) is 4.99 Å². The van der Waals surface area contributed by atoms with E-state index >= 15 is 0 Å². The molecule has 12 heavy (non-hydrogen) atoms. The van der Waals surface area contributed by atoms with E-state index < -0.39 is 5.24 Å². The van der Waals surface area contributed by atoms with Gasteiger partial charge >= 0.3 is 0 Å². The van der Waals surface area contributed by atoms with E-state index in [9.17, 15) is 9.59 Å². The SMILES string of the molecule is O=C=Nc1ccccc1C(=O)Cl. The molecule has 1 aromatic carbocycles. The lowest BCUT2D eigenvalue weighted by molar-refractivity contribution is 0.108. The Bertz CT molecular complexity index is 335. The van der Waals surface area contributed by atoms with Crippen LogP contribution in [0.4, 0.5) is 5.69 Å². The van der Waals surface area contributed by atoms with Crippen molar-refractivity contribution >= 4 is 28.6 Å². The summed E-state index contributed by atoms with van der Waals surface area (Å²) in [6, 6.07) is 6.30. The Morgan fingerprint density at radius 1 is 1.42 bits per heavy atom. The van der Waals surface area contributed by atoms with Crippen LogP contribution >= 0.6 is 11.6 Å². The predicted octanol–water partition coefficient (Wildman–Crippen LogP) is 2.03. The average molecular weight is 182 g/mol. The van der Waals surface area contributed by atoms with Crippen molar-refractivity contribution in [3.63, 3.8) is 0 Å². The van der Waals surface area contributed by atoms with Crippen LogP contribution in [0.15, 0.2) is 29.3 Å². The van der Waals surface area contributed by atoms with Crippen molar-refractivity contribution in [3.8, 4) is 0 Å². The number of para-hydroxylation sites is 1. The van der Waals surface area contributed by atoms with Gasteiger partial charge in [0, 0.05) is 0 Å². The van der Waals surface area contributed by atoms with Gasteiger partial charge in [-0.25, -0.2) is 4.79 Å². The molecule has 1 aromatic rings. The summed E-state index contributed by atoms with van der Waals surface area (Å²) >= 11 is 5.22. The third-order valence-corrected chi connectivity index (χ3v) is 1.49. The third kappa shape index (κ3) is 1.78. The molecule has 0 atom stereocenters.